The summed E-state index contributed by atoms with van der Waals surface area (Å²) in [6.45, 7) is 5.77. The Kier molecular flexibility index (Phi) is 8.77. The fourth-order valence-electron chi connectivity index (χ4n) is 5.26. The Morgan fingerprint density at radius 3 is 2.31 bits per heavy atom. The molecule has 0 saturated carbocycles. The second-order valence-corrected chi connectivity index (χ2v) is 11.9. The molecule has 0 radical (unpaired) electrons. The van der Waals surface area contributed by atoms with E-state index in [9.17, 15) is 19.2 Å². The maximum Gasteiger partial charge on any atom is 0.410 e. The molecular formula is C34H34N4O7. The van der Waals surface area contributed by atoms with Crippen molar-refractivity contribution in [1.82, 2.24) is 10.2 Å². The number of nitrogens with one attached hydrogen (secondary N) is 1. The topological polar surface area (TPSA) is 138 Å². The first-order valence-electron chi connectivity index (χ1n) is 14.5. The van der Waals surface area contributed by atoms with E-state index < -0.39 is 35.6 Å². The van der Waals surface area contributed by atoms with Crippen molar-refractivity contribution in [3.8, 4) is 22.9 Å². The number of benzene rings is 3. The second-order valence-electron chi connectivity index (χ2n) is 11.9. The molecule has 0 bridgehead atoms. The number of rotatable bonds is 5. The zero-order valence-electron chi connectivity index (χ0n) is 25.6. The highest BCUT2D eigenvalue weighted by atomic mass is 16.6. The van der Waals surface area contributed by atoms with Crippen molar-refractivity contribution in [2.45, 2.75) is 51.8 Å². The number of hydrogen-bond acceptors (Lipinski definition) is 8. The Morgan fingerprint density at radius 2 is 1.69 bits per heavy atom. The summed E-state index contributed by atoms with van der Waals surface area (Å²) >= 11 is 0. The molecule has 0 spiro atoms. The van der Waals surface area contributed by atoms with E-state index in [1.165, 1.54) is 7.11 Å². The Balaban J connectivity index is 1.32. The van der Waals surface area contributed by atoms with Crippen molar-refractivity contribution in [3.63, 3.8) is 0 Å². The molecule has 232 valence electrons. The number of esters is 1. The first kappa shape index (κ1) is 31.1. The number of methoxy groups -OCH3 is 1. The molecule has 1 N–H and O–H groups in total. The Labute approximate surface area is 261 Å². The third kappa shape index (κ3) is 7.07. The molecule has 3 aromatic carbocycles. The van der Waals surface area contributed by atoms with Crippen molar-refractivity contribution >= 4 is 29.7 Å². The van der Waals surface area contributed by atoms with Crippen LogP contribution in [0.5, 0.6) is 5.75 Å². The summed E-state index contributed by atoms with van der Waals surface area (Å²) in [4.78, 5) is 54.5. The number of anilines is 1. The number of carbonyl (C=O) groups excluding carboxylic acids is 4. The highest BCUT2D eigenvalue weighted by Crippen LogP contribution is 2.37. The molecular weight excluding hydrogens is 576 g/mol. The van der Waals surface area contributed by atoms with Crippen LogP contribution in [0.2, 0.25) is 0 Å². The summed E-state index contributed by atoms with van der Waals surface area (Å²) in [7, 11) is 1.23. The second kappa shape index (κ2) is 12.7. The normalized spacial score (nSPS) is 14.7. The van der Waals surface area contributed by atoms with Crippen LogP contribution in [0.3, 0.4) is 0 Å². The standard InChI is InChI=1S/C34H34N4O7/c1-34(2,3)45-33(42)37-14-13-25-16-28-29(17-26(25)19-37)44-20-30(39)38(28)32(41)36-27(31(40)43-4)15-21-5-9-23(10-6-21)24-11-7-22(18-35)8-12-24/h5-12,16-17,27H,13-15,19-20H2,1-4H3,(H,36,41)/t27-/m0/s1. The number of hydrogen-bond donors (Lipinski definition) is 1. The van der Waals surface area contributed by atoms with Crippen LogP contribution >= 0.6 is 0 Å². The number of urea groups is 1. The summed E-state index contributed by atoms with van der Waals surface area (Å²) in [5, 5.41) is 11.7. The monoisotopic (exact) mass is 610 g/mol. The van der Waals surface area contributed by atoms with Crippen LogP contribution in [-0.2, 0) is 38.4 Å². The number of ether oxygens (including phenoxy) is 3. The third-order valence-electron chi connectivity index (χ3n) is 7.51. The minimum Gasteiger partial charge on any atom is -0.482 e. The summed E-state index contributed by atoms with van der Waals surface area (Å²) in [6.07, 6.45) is 0.206. The average Bonchev–Trinajstić information content (AvgIpc) is 3.02. The zero-order chi connectivity index (χ0) is 32.3. The van der Waals surface area contributed by atoms with Crippen LogP contribution in [0.25, 0.3) is 11.1 Å². The summed E-state index contributed by atoms with van der Waals surface area (Å²) in [5.41, 5.74) is 4.54. The molecule has 0 saturated heterocycles. The van der Waals surface area contributed by atoms with Crippen molar-refractivity contribution in [1.29, 1.82) is 5.26 Å². The highest BCUT2D eigenvalue weighted by Gasteiger charge is 2.36. The summed E-state index contributed by atoms with van der Waals surface area (Å²) in [6, 6.07) is 18.4. The van der Waals surface area contributed by atoms with Gasteiger partial charge in [0.15, 0.2) is 6.61 Å². The molecule has 2 aliphatic rings. The van der Waals surface area contributed by atoms with Gasteiger partial charge in [0.05, 0.1) is 24.4 Å². The fraction of sp³-hybridized carbons (Fsp3) is 0.324. The lowest BCUT2D eigenvalue weighted by Gasteiger charge is -2.34. The predicted molar refractivity (Wildman–Crippen MR) is 164 cm³/mol. The van der Waals surface area contributed by atoms with Gasteiger partial charge in [-0.25, -0.2) is 19.3 Å². The lowest BCUT2D eigenvalue weighted by Crippen LogP contribution is -2.53. The van der Waals surface area contributed by atoms with Gasteiger partial charge in [-0.1, -0.05) is 36.4 Å². The van der Waals surface area contributed by atoms with Gasteiger partial charge in [0.25, 0.3) is 5.91 Å². The number of fused-ring (bicyclic) bond motifs is 2. The van der Waals surface area contributed by atoms with Gasteiger partial charge >= 0.3 is 18.1 Å². The maximum absolute atomic E-state index is 13.6. The predicted octanol–water partition coefficient (Wildman–Crippen LogP) is 4.74. The van der Waals surface area contributed by atoms with Crippen LogP contribution < -0.4 is 15.0 Å². The van der Waals surface area contributed by atoms with E-state index in [4.69, 9.17) is 19.5 Å². The van der Waals surface area contributed by atoms with Gasteiger partial charge in [0.1, 0.15) is 17.4 Å². The van der Waals surface area contributed by atoms with Crippen molar-refractivity contribution < 1.29 is 33.4 Å². The van der Waals surface area contributed by atoms with Crippen molar-refractivity contribution in [3.05, 3.63) is 82.9 Å². The van der Waals surface area contributed by atoms with Gasteiger partial charge in [-0.2, -0.15) is 5.26 Å². The van der Waals surface area contributed by atoms with Crippen LogP contribution in [0.15, 0.2) is 60.7 Å². The molecule has 11 nitrogen and oxygen atoms in total. The molecule has 0 fully saturated rings. The van der Waals surface area contributed by atoms with Crippen LogP contribution in [0, 0.1) is 11.3 Å². The molecule has 4 amide bonds. The van der Waals surface area contributed by atoms with Gasteiger partial charge in [-0.05, 0) is 79.3 Å². The lowest BCUT2D eigenvalue weighted by atomic mass is 9.97. The van der Waals surface area contributed by atoms with E-state index in [1.54, 1.807) is 29.2 Å². The Morgan fingerprint density at radius 1 is 1.02 bits per heavy atom. The van der Waals surface area contributed by atoms with E-state index in [2.05, 4.69) is 11.4 Å². The first-order valence-corrected chi connectivity index (χ1v) is 14.5. The van der Waals surface area contributed by atoms with Crippen LogP contribution in [0.1, 0.15) is 43.0 Å². The van der Waals surface area contributed by atoms with E-state index in [1.807, 2.05) is 57.2 Å². The third-order valence-corrected chi connectivity index (χ3v) is 7.51. The molecule has 0 unspecified atom stereocenters. The quantitative estimate of drug-likeness (QED) is 0.409. The molecule has 5 rings (SSSR count). The van der Waals surface area contributed by atoms with Crippen molar-refractivity contribution in [2.24, 2.45) is 0 Å². The average molecular weight is 611 g/mol. The molecule has 11 heteroatoms. The number of nitriles is 1. The summed E-state index contributed by atoms with van der Waals surface area (Å²) < 4.78 is 16.2. The maximum atomic E-state index is 13.6. The zero-order valence-corrected chi connectivity index (χ0v) is 25.6. The highest BCUT2D eigenvalue weighted by molar-refractivity contribution is 6.17. The van der Waals surface area contributed by atoms with Crippen LogP contribution in [0.4, 0.5) is 15.3 Å². The minimum absolute atomic E-state index is 0.127. The SMILES string of the molecule is COC(=O)[C@H](Cc1ccc(-c2ccc(C#N)cc2)cc1)NC(=O)N1C(=O)COc2cc3c(cc21)CCN(C(=O)OC(C)(C)C)C3. The number of imide groups is 1. The van der Waals surface area contributed by atoms with Gasteiger partial charge in [-0.15, -0.1) is 0 Å². The van der Waals surface area contributed by atoms with Gasteiger partial charge in [0.2, 0.25) is 0 Å². The molecule has 0 aromatic heterocycles. The first-order chi connectivity index (χ1) is 21.5. The minimum atomic E-state index is -1.07. The molecule has 45 heavy (non-hydrogen) atoms. The van der Waals surface area contributed by atoms with Crippen molar-refractivity contribution in [2.75, 3.05) is 25.2 Å². The molecule has 1 atom stereocenters. The van der Waals surface area contributed by atoms with Gasteiger partial charge < -0.3 is 24.4 Å². The Bertz CT molecular complexity index is 1670. The lowest BCUT2D eigenvalue weighted by molar-refractivity contribution is -0.142. The Hall–Kier alpha value is -5.37. The molecule has 0 aliphatic carbocycles. The molecule has 3 aromatic rings. The van der Waals surface area contributed by atoms with E-state index in [0.29, 0.717) is 30.8 Å². The van der Waals surface area contributed by atoms with Crippen LogP contribution in [-0.4, -0.2) is 60.8 Å². The molecule has 2 aliphatic heterocycles. The van der Waals surface area contributed by atoms with Gasteiger partial charge in [-0.3, -0.25) is 4.79 Å². The fourth-order valence-corrected chi connectivity index (χ4v) is 5.26. The largest absolute Gasteiger partial charge is 0.482 e. The van der Waals surface area contributed by atoms with E-state index in [-0.39, 0.29) is 18.7 Å². The number of amides is 4. The number of carbonyl (C=O) groups is 4. The van der Waals surface area contributed by atoms with E-state index in [0.717, 1.165) is 32.7 Å². The van der Waals surface area contributed by atoms with Gasteiger partial charge in [0, 0.05) is 19.5 Å². The number of nitrogens with zero attached hydrogens (tertiary/aromatic N) is 3. The van der Waals surface area contributed by atoms with E-state index >= 15 is 0 Å². The smallest absolute Gasteiger partial charge is 0.410 e. The summed E-state index contributed by atoms with van der Waals surface area (Å²) in [5.74, 6) is -0.919. The molecule has 2 heterocycles.